The van der Waals surface area contributed by atoms with Gasteiger partial charge in [0.25, 0.3) is 0 Å². The van der Waals surface area contributed by atoms with Crippen LogP contribution in [0.2, 0.25) is 0 Å². The predicted octanol–water partition coefficient (Wildman–Crippen LogP) is 19.0. The lowest BCUT2D eigenvalue weighted by atomic mass is 10.0. The van der Waals surface area contributed by atoms with Crippen molar-refractivity contribution in [1.29, 1.82) is 0 Å². The Morgan fingerprint density at radius 3 is 1.00 bits per heavy atom. The molecule has 0 radical (unpaired) electrons. The van der Waals surface area contributed by atoms with Crippen molar-refractivity contribution in [3.63, 3.8) is 0 Å². The van der Waals surface area contributed by atoms with Crippen molar-refractivity contribution in [1.82, 2.24) is 0 Å². The highest BCUT2D eigenvalue weighted by Gasteiger charge is 2.17. The Labute approximate surface area is 388 Å². The largest absolute Gasteiger partial charge is 0.462 e. The third-order valence-electron chi connectivity index (χ3n) is 12.8. The van der Waals surface area contributed by atoms with Gasteiger partial charge in [-0.05, 0) is 44.9 Å². The molecule has 0 fully saturated rings. The van der Waals surface area contributed by atoms with Gasteiger partial charge >= 0.3 is 11.9 Å². The summed E-state index contributed by atoms with van der Waals surface area (Å²) in [4.78, 5) is 25.4. The molecule has 1 unspecified atom stereocenters. The van der Waals surface area contributed by atoms with Gasteiger partial charge in [-0.25, -0.2) is 0 Å². The molecule has 0 saturated carbocycles. The molecule has 0 aromatic heterocycles. The average molecular weight is 876 g/mol. The lowest BCUT2D eigenvalue weighted by Crippen LogP contribution is -2.30. The van der Waals surface area contributed by atoms with Crippen molar-refractivity contribution in [2.24, 2.45) is 0 Å². The Hall–Kier alpha value is -1.36. The van der Waals surface area contributed by atoms with Gasteiger partial charge in [-0.15, -0.1) is 0 Å². The molecule has 0 N–H and O–H groups in total. The lowest BCUT2D eigenvalue weighted by molar-refractivity contribution is -0.163. The Morgan fingerprint density at radius 1 is 0.339 bits per heavy atom. The minimum atomic E-state index is -0.531. The molecule has 5 nitrogen and oxygen atoms in total. The molecule has 0 aromatic carbocycles. The van der Waals surface area contributed by atoms with Crippen LogP contribution < -0.4 is 0 Å². The smallest absolute Gasteiger partial charge is 0.306 e. The van der Waals surface area contributed by atoms with Gasteiger partial charge in [0, 0.05) is 19.4 Å². The summed E-state index contributed by atoms with van der Waals surface area (Å²) in [5, 5.41) is 0. The summed E-state index contributed by atoms with van der Waals surface area (Å²) in [5.41, 5.74) is 0. The first-order valence-corrected chi connectivity index (χ1v) is 28.2. The first kappa shape index (κ1) is 60.6. The molecule has 368 valence electrons. The minimum Gasteiger partial charge on any atom is -0.462 e. The normalized spacial score (nSPS) is 12.1. The fraction of sp³-hybridized carbons (Fsp3) is 0.930. The lowest BCUT2D eigenvalue weighted by Gasteiger charge is -2.18. The zero-order valence-electron chi connectivity index (χ0n) is 42.4. The molecule has 0 amide bonds. The summed E-state index contributed by atoms with van der Waals surface area (Å²) in [5.74, 6) is -0.383. The SMILES string of the molecule is CCCCCC/C=C\CCCCCCCC(=O)OC(COCCCCCCCCCCCCCCCCCCCC)COC(=O)CCCCCCCCCCCCCCCCC. The molecule has 0 saturated heterocycles. The van der Waals surface area contributed by atoms with Gasteiger partial charge in [-0.3, -0.25) is 9.59 Å². The molecule has 0 heterocycles. The highest BCUT2D eigenvalue weighted by molar-refractivity contribution is 5.70. The van der Waals surface area contributed by atoms with Gasteiger partial charge in [-0.2, -0.15) is 0 Å². The summed E-state index contributed by atoms with van der Waals surface area (Å²) >= 11 is 0. The van der Waals surface area contributed by atoms with Crippen LogP contribution in [0.4, 0.5) is 0 Å². The van der Waals surface area contributed by atoms with Gasteiger partial charge in [-0.1, -0.05) is 270 Å². The predicted molar refractivity (Wildman–Crippen MR) is 270 cm³/mol. The van der Waals surface area contributed by atoms with Crippen LogP contribution in [-0.2, 0) is 23.8 Å². The van der Waals surface area contributed by atoms with E-state index in [1.807, 2.05) is 0 Å². The van der Waals surface area contributed by atoms with Crippen LogP contribution in [-0.4, -0.2) is 37.9 Å². The summed E-state index contributed by atoms with van der Waals surface area (Å²) in [6.45, 7) is 7.88. The summed E-state index contributed by atoms with van der Waals surface area (Å²) in [7, 11) is 0. The standard InChI is InChI=1S/C57H110O5/c1-4-7-10-13-16-19-22-25-27-28-29-31-34-37-40-43-46-49-52-60-53-55(62-57(59)51-48-45-42-39-36-32-24-21-18-15-12-9-6-3)54-61-56(58)50-47-44-41-38-35-33-30-26-23-20-17-14-11-8-5-2/h21,24,55H,4-20,22-23,25-54H2,1-3H3/b24-21-. The number of rotatable bonds is 53. The van der Waals surface area contributed by atoms with Crippen molar-refractivity contribution >= 4 is 11.9 Å². The number of hydrogen-bond donors (Lipinski definition) is 0. The molecular formula is C57H110O5. The van der Waals surface area contributed by atoms with E-state index in [0.717, 1.165) is 44.9 Å². The molecule has 0 bridgehead atoms. The second-order valence-corrected chi connectivity index (χ2v) is 19.2. The van der Waals surface area contributed by atoms with Gasteiger partial charge in [0.05, 0.1) is 6.61 Å². The van der Waals surface area contributed by atoms with Gasteiger partial charge in [0.15, 0.2) is 6.10 Å². The van der Waals surface area contributed by atoms with E-state index in [0.29, 0.717) is 26.1 Å². The fourth-order valence-corrected chi connectivity index (χ4v) is 8.57. The van der Waals surface area contributed by atoms with E-state index < -0.39 is 6.10 Å². The highest BCUT2D eigenvalue weighted by Crippen LogP contribution is 2.17. The maximum Gasteiger partial charge on any atom is 0.306 e. The van der Waals surface area contributed by atoms with Crippen LogP contribution >= 0.6 is 0 Å². The minimum absolute atomic E-state index is 0.0918. The van der Waals surface area contributed by atoms with Crippen molar-refractivity contribution < 1.29 is 23.8 Å². The van der Waals surface area contributed by atoms with E-state index in [-0.39, 0.29) is 18.5 Å². The molecule has 62 heavy (non-hydrogen) atoms. The molecule has 0 aliphatic heterocycles. The van der Waals surface area contributed by atoms with Crippen molar-refractivity contribution in [2.75, 3.05) is 19.8 Å². The molecule has 0 aromatic rings. The number of hydrogen-bond acceptors (Lipinski definition) is 5. The van der Waals surface area contributed by atoms with Crippen LogP contribution in [0.1, 0.15) is 316 Å². The van der Waals surface area contributed by atoms with E-state index in [1.165, 1.54) is 238 Å². The topological polar surface area (TPSA) is 61.8 Å². The molecule has 1 atom stereocenters. The second kappa shape index (κ2) is 54.0. The van der Waals surface area contributed by atoms with E-state index >= 15 is 0 Å². The number of esters is 2. The first-order chi connectivity index (χ1) is 30.6. The van der Waals surface area contributed by atoms with Gasteiger partial charge in [0.2, 0.25) is 0 Å². The number of ether oxygens (including phenoxy) is 3. The Bertz CT molecular complexity index is 902. The number of carbonyl (C=O) groups is 2. The van der Waals surface area contributed by atoms with E-state index in [2.05, 4.69) is 32.9 Å². The van der Waals surface area contributed by atoms with E-state index in [9.17, 15) is 9.59 Å². The second-order valence-electron chi connectivity index (χ2n) is 19.2. The zero-order chi connectivity index (χ0) is 44.9. The quantitative estimate of drug-likeness (QED) is 0.0346. The van der Waals surface area contributed by atoms with Crippen LogP contribution in [0, 0.1) is 0 Å². The molecule has 0 rings (SSSR count). The van der Waals surface area contributed by atoms with E-state index in [1.54, 1.807) is 0 Å². The summed E-state index contributed by atoms with van der Waals surface area (Å²) in [6, 6.07) is 0. The highest BCUT2D eigenvalue weighted by atomic mass is 16.6. The van der Waals surface area contributed by atoms with Crippen LogP contribution in [0.5, 0.6) is 0 Å². The van der Waals surface area contributed by atoms with Crippen molar-refractivity contribution in [3.8, 4) is 0 Å². The zero-order valence-corrected chi connectivity index (χ0v) is 42.4. The van der Waals surface area contributed by atoms with Crippen LogP contribution in [0.3, 0.4) is 0 Å². The maximum atomic E-state index is 12.8. The van der Waals surface area contributed by atoms with Crippen molar-refractivity contribution in [2.45, 2.75) is 322 Å². The fourth-order valence-electron chi connectivity index (χ4n) is 8.57. The third kappa shape index (κ3) is 51.3. The molecule has 5 heteroatoms. The Kier molecular flexibility index (Phi) is 52.8. The monoisotopic (exact) mass is 875 g/mol. The van der Waals surface area contributed by atoms with Gasteiger partial charge in [0.1, 0.15) is 6.61 Å². The molecule has 0 aliphatic rings. The van der Waals surface area contributed by atoms with Crippen molar-refractivity contribution in [3.05, 3.63) is 12.2 Å². The Morgan fingerprint density at radius 2 is 0.629 bits per heavy atom. The molecule has 0 spiro atoms. The molecular weight excluding hydrogens is 765 g/mol. The van der Waals surface area contributed by atoms with Crippen LogP contribution in [0.15, 0.2) is 12.2 Å². The third-order valence-corrected chi connectivity index (χ3v) is 12.8. The first-order valence-electron chi connectivity index (χ1n) is 28.2. The molecule has 0 aliphatic carbocycles. The number of unbranched alkanes of at least 4 members (excludes halogenated alkanes) is 40. The van der Waals surface area contributed by atoms with E-state index in [4.69, 9.17) is 14.2 Å². The summed E-state index contributed by atoms with van der Waals surface area (Å²) < 4.78 is 17.5. The average Bonchev–Trinajstić information content (AvgIpc) is 3.27. The number of allylic oxidation sites excluding steroid dienone is 2. The van der Waals surface area contributed by atoms with Gasteiger partial charge < -0.3 is 14.2 Å². The maximum absolute atomic E-state index is 12.8. The Balaban J connectivity index is 4.19. The van der Waals surface area contributed by atoms with Crippen LogP contribution in [0.25, 0.3) is 0 Å². The summed E-state index contributed by atoms with van der Waals surface area (Å²) in [6.07, 6.45) is 62.3. The number of carbonyl (C=O) groups excluding carboxylic acids is 2.